The van der Waals surface area contributed by atoms with Gasteiger partial charge < -0.3 is 9.72 Å². The van der Waals surface area contributed by atoms with Gasteiger partial charge in [0.25, 0.3) is 5.56 Å². The average molecular weight is 300 g/mol. The number of aromatic amines is 1. The molecule has 0 saturated heterocycles. The standard InChI is InChI=1S/C15H10ClN3O2/c1-9-6-11(13(8-18)15(20)19-9)12-7-10(16)2-3-14(12)21-5-4-17/h2-3,6-7H,5H2,1H3,(H,19,20). The van der Waals surface area contributed by atoms with Gasteiger partial charge in [-0.15, -0.1) is 0 Å². The highest BCUT2D eigenvalue weighted by molar-refractivity contribution is 6.31. The van der Waals surface area contributed by atoms with Crippen LogP contribution in [-0.2, 0) is 0 Å². The van der Waals surface area contributed by atoms with Crippen LogP contribution in [0.2, 0.25) is 5.02 Å². The van der Waals surface area contributed by atoms with E-state index >= 15 is 0 Å². The van der Waals surface area contributed by atoms with E-state index in [0.717, 1.165) is 0 Å². The highest BCUT2D eigenvalue weighted by Gasteiger charge is 2.15. The van der Waals surface area contributed by atoms with Gasteiger partial charge in [0.15, 0.2) is 6.61 Å². The summed E-state index contributed by atoms with van der Waals surface area (Å²) in [6, 6.07) is 10.2. The van der Waals surface area contributed by atoms with Gasteiger partial charge in [-0.2, -0.15) is 10.5 Å². The summed E-state index contributed by atoms with van der Waals surface area (Å²) >= 11 is 5.99. The van der Waals surface area contributed by atoms with Crippen LogP contribution < -0.4 is 10.3 Å². The second-order valence-corrected chi connectivity index (χ2v) is 4.71. The van der Waals surface area contributed by atoms with Gasteiger partial charge in [0, 0.05) is 21.8 Å². The Kier molecular flexibility index (Phi) is 4.27. The average Bonchev–Trinajstić information content (AvgIpc) is 2.45. The van der Waals surface area contributed by atoms with E-state index < -0.39 is 5.56 Å². The molecule has 6 heteroatoms. The molecule has 0 fully saturated rings. The minimum atomic E-state index is -0.473. The molecule has 1 N–H and O–H groups in total. The minimum absolute atomic E-state index is 0.0234. The third-order valence-corrected chi connectivity index (χ3v) is 3.04. The second kappa shape index (κ2) is 6.13. The molecule has 0 radical (unpaired) electrons. The van der Waals surface area contributed by atoms with Gasteiger partial charge in [-0.1, -0.05) is 11.6 Å². The van der Waals surface area contributed by atoms with Crippen molar-refractivity contribution in [3.63, 3.8) is 0 Å². The maximum absolute atomic E-state index is 11.9. The SMILES string of the molecule is Cc1cc(-c2cc(Cl)ccc2OCC#N)c(C#N)c(=O)[nH]1. The van der Waals surface area contributed by atoms with Crippen molar-refractivity contribution in [3.05, 3.63) is 50.9 Å². The van der Waals surface area contributed by atoms with Crippen molar-refractivity contribution in [2.24, 2.45) is 0 Å². The van der Waals surface area contributed by atoms with E-state index in [1.54, 1.807) is 31.2 Å². The van der Waals surface area contributed by atoms with Gasteiger partial charge in [0.05, 0.1) is 0 Å². The lowest BCUT2D eigenvalue weighted by Gasteiger charge is -2.11. The predicted octanol–water partition coefficient (Wildman–Crippen LogP) is 2.78. The Labute approximate surface area is 126 Å². The van der Waals surface area contributed by atoms with Crippen LogP contribution >= 0.6 is 11.6 Å². The molecule has 0 saturated carbocycles. The summed E-state index contributed by atoms with van der Waals surface area (Å²) in [7, 11) is 0. The number of nitrogens with one attached hydrogen (secondary N) is 1. The summed E-state index contributed by atoms with van der Waals surface area (Å²) in [5.74, 6) is 0.391. The molecule has 1 heterocycles. The van der Waals surface area contributed by atoms with Crippen LogP contribution in [0.25, 0.3) is 11.1 Å². The van der Waals surface area contributed by atoms with Crippen molar-refractivity contribution in [1.82, 2.24) is 4.98 Å². The lowest BCUT2D eigenvalue weighted by atomic mass is 10.00. The molecule has 0 aliphatic rings. The van der Waals surface area contributed by atoms with E-state index in [0.29, 0.717) is 27.6 Å². The van der Waals surface area contributed by atoms with Crippen LogP contribution in [0.4, 0.5) is 0 Å². The summed E-state index contributed by atoms with van der Waals surface area (Å²) < 4.78 is 5.33. The van der Waals surface area contributed by atoms with Crippen molar-refractivity contribution in [2.45, 2.75) is 6.92 Å². The predicted molar refractivity (Wildman–Crippen MR) is 78.1 cm³/mol. The quantitative estimate of drug-likeness (QED) is 0.943. The Morgan fingerprint density at radius 1 is 1.29 bits per heavy atom. The monoisotopic (exact) mass is 299 g/mol. The number of hydrogen-bond acceptors (Lipinski definition) is 4. The highest BCUT2D eigenvalue weighted by Crippen LogP contribution is 2.33. The number of benzene rings is 1. The number of H-pyrrole nitrogens is 1. The molecule has 5 nitrogen and oxygen atoms in total. The van der Waals surface area contributed by atoms with E-state index in [4.69, 9.17) is 21.6 Å². The smallest absolute Gasteiger partial charge is 0.266 e. The molecule has 1 aromatic heterocycles. The number of ether oxygens (including phenoxy) is 1. The van der Waals surface area contributed by atoms with Crippen LogP contribution in [0.5, 0.6) is 5.75 Å². The van der Waals surface area contributed by atoms with Crippen LogP contribution in [0.1, 0.15) is 11.3 Å². The van der Waals surface area contributed by atoms with Gasteiger partial charge in [-0.3, -0.25) is 4.79 Å². The van der Waals surface area contributed by atoms with Crippen LogP contribution in [-0.4, -0.2) is 11.6 Å². The van der Waals surface area contributed by atoms with E-state index in [1.807, 2.05) is 12.1 Å². The Hall–Kier alpha value is -2.76. The van der Waals surface area contributed by atoms with E-state index in [2.05, 4.69) is 4.98 Å². The van der Waals surface area contributed by atoms with Crippen LogP contribution in [0.3, 0.4) is 0 Å². The van der Waals surface area contributed by atoms with Crippen molar-refractivity contribution < 1.29 is 4.74 Å². The van der Waals surface area contributed by atoms with Gasteiger partial charge in [-0.25, -0.2) is 0 Å². The van der Waals surface area contributed by atoms with Crippen molar-refractivity contribution in [2.75, 3.05) is 6.61 Å². The molecule has 2 aromatic rings. The number of nitriles is 2. The number of aryl methyl sites for hydroxylation is 1. The minimum Gasteiger partial charge on any atom is -0.478 e. The first kappa shape index (κ1) is 14.6. The molecule has 104 valence electrons. The third kappa shape index (κ3) is 3.05. The van der Waals surface area contributed by atoms with Gasteiger partial charge in [0.2, 0.25) is 0 Å². The Morgan fingerprint density at radius 3 is 2.71 bits per heavy atom. The zero-order valence-corrected chi connectivity index (χ0v) is 11.9. The summed E-state index contributed by atoms with van der Waals surface area (Å²) in [5.41, 5.74) is 1.04. The van der Waals surface area contributed by atoms with E-state index in [1.165, 1.54) is 0 Å². The maximum Gasteiger partial charge on any atom is 0.266 e. The number of halogens is 1. The maximum atomic E-state index is 11.9. The lowest BCUT2D eigenvalue weighted by molar-refractivity contribution is 0.369. The molecule has 21 heavy (non-hydrogen) atoms. The fraction of sp³-hybridized carbons (Fsp3) is 0.133. The summed E-state index contributed by atoms with van der Waals surface area (Å²) in [5, 5.41) is 18.3. The molecule has 0 amide bonds. The first-order valence-electron chi connectivity index (χ1n) is 6.00. The molecular weight excluding hydrogens is 290 g/mol. The molecular formula is C15H10ClN3O2. The third-order valence-electron chi connectivity index (χ3n) is 2.80. The largest absolute Gasteiger partial charge is 0.478 e. The second-order valence-electron chi connectivity index (χ2n) is 4.27. The fourth-order valence-corrected chi connectivity index (χ4v) is 2.13. The topological polar surface area (TPSA) is 89.7 Å². The van der Waals surface area contributed by atoms with Gasteiger partial charge in [-0.05, 0) is 31.2 Å². The number of rotatable bonds is 3. The van der Waals surface area contributed by atoms with Gasteiger partial charge in [0.1, 0.15) is 23.5 Å². The van der Waals surface area contributed by atoms with E-state index in [9.17, 15) is 10.1 Å². The van der Waals surface area contributed by atoms with E-state index in [-0.39, 0.29) is 12.2 Å². The zero-order valence-electron chi connectivity index (χ0n) is 11.1. The molecule has 0 atom stereocenters. The molecule has 0 spiro atoms. The first-order valence-corrected chi connectivity index (χ1v) is 6.38. The van der Waals surface area contributed by atoms with Crippen molar-refractivity contribution in [1.29, 1.82) is 10.5 Å². The van der Waals surface area contributed by atoms with Gasteiger partial charge >= 0.3 is 0 Å². The summed E-state index contributed by atoms with van der Waals surface area (Å²) in [4.78, 5) is 14.4. The molecule has 0 bridgehead atoms. The summed E-state index contributed by atoms with van der Waals surface area (Å²) in [6.07, 6.45) is 0. The normalized spacial score (nSPS) is 9.71. The molecule has 2 rings (SSSR count). The molecule has 0 aliphatic carbocycles. The van der Waals surface area contributed by atoms with Crippen LogP contribution in [0.15, 0.2) is 29.1 Å². The lowest BCUT2D eigenvalue weighted by Crippen LogP contribution is -2.13. The van der Waals surface area contributed by atoms with Crippen LogP contribution in [0, 0.1) is 29.6 Å². The highest BCUT2D eigenvalue weighted by atomic mass is 35.5. The summed E-state index contributed by atoms with van der Waals surface area (Å²) in [6.45, 7) is 1.57. The zero-order chi connectivity index (χ0) is 15.4. The Balaban J connectivity index is 2.72. The molecule has 1 aromatic carbocycles. The number of hydrogen-bond donors (Lipinski definition) is 1. The Morgan fingerprint density at radius 2 is 2.05 bits per heavy atom. The fourth-order valence-electron chi connectivity index (χ4n) is 1.96. The molecule has 0 unspecified atom stereocenters. The molecule has 0 aliphatic heterocycles. The van der Waals surface area contributed by atoms with Crippen molar-refractivity contribution in [3.8, 4) is 29.0 Å². The Bertz CT molecular complexity index is 828. The first-order chi connectivity index (χ1) is 10.1. The number of pyridine rings is 1. The number of nitrogens with zero attached hydrogens (tertiary/aromatic N) is 2. The van der Waals surface area contributed by atoms with Crippen molar-refractivity contribution >= 4 is 11.6 Å². The number of aromatic nitrogens is 1.